The van der Waals surface area contributed by atoms with E-state index in [2.05, 4.69) is 0 Å². The van der Waals surface area contributed by atoms with Crippen LogP contribution in [0.1, 0.15) is 48.9 Å². The Bertz CT molecular complexity index is 639. The van der Waals surface area contributed by atoms with Gasteiger partial charge in [-0.15, -0.1) is 0 Å². The second kappa shape index (κ2) is 6.30. The van der Waals surface area contributed by atoms with Crippen LogP contribution < -0.4 is 4.74 Å². The molecule has 0 spiro atoms. The Morgan fingerprint density at radius 1 is 1.10 bits per heavy atom. The largest absolute Gasteiger partial charge is 0.496 e. The van der Waals surface area contributed by atoms with Crippen LogP contribution in [0.15, 0.2) is 36.4 Å². The van der Waals surface area contributed by atoms with Crippen molar-refractivity contribution in [3.63, 3.8) is 0 Å². The summed E-state index contributed by atoms with van der Waals surface area (Å²) in [5.74, 6) is 1.86. The molecular formula is C19H22O2. The minimum absolute atomic E-state index is 0.265. The van der Waals surface area contributed by atoms with E-state index in [4.69, 9.17) is 4.74 Å². The van der Waals surface area contributed by atoms with Gasteiger partial charge >= 0.3 is 0 Å². The number of ether oxygens (including phenoxy) is 1. The van der Waals surface area contributed by atoms with Crippen molar-refractivity contribution in [2.75, 3.05) is 7.11 Å². The summed E-state index contributed by atoms with van der Waals surface area (Å²) in [6, 6.07) is 11.8. The molecule has 0 atom stereocenters. The summed E-state index contributed by atoms with van der Waals surface area (Å²) in [5.41, 5.74) is 0.837. The molecule has 0 radical (unpaired) electrons. The smallest absolute Gasteiger partial charge is 0.163 e. The molecule has 0 aromatic heterocycles. The Labute approximate surface area is 126 Å². The van der Waals surface area contributed by atoms with Crippen LogP contribution in [0.4, 0.5) is 0 Å². The molecule has 2 heteroatoms. The molecule has 110 valence electrons. The molecule has 1 fully saturated rings. The maximum absolute atomic E-state index is 12.6. The summed E-state index contributed by atoms with van der Waals surface area (Å²) >= 11 is 0. The molecule has 1 saturated carbocycles. The van der Waals surface area contributed by atoms with Gasteiger partial charge in [0.25, 0.3) is 0 Å². The van der Waals surface area contributed by atoms with E-state index in [9.17, 15) is 4.79 Å². The van der Waals surface area contributed by atoms with Gasteiger partial charge in [-0.1, -0.05) is 49.9 Å². The van der Waals surface area contributed by atoms with Gasteiger partial charge in [-0.2, -0.15) is 0 Å². The minimum atomic E-state index is 0.265. The van der Waals surface area contributed by atoms with Gasteiger partial charge in [0, 0.05) is 17.4 Å². The number of hydrogen-bond donors (Lipinski definition) is 0. The highest BCUT2D eigenvalue weighted by atomic mass is 16.5. The summed E-state index contributed by atoms with van der Waals surface area (Å²) in [6.45, 7) is 0. The van der Waals surface area contributed by atoms with Gasteiger partial charge in [-0.3, -0.25) is 4.79 Å². The quantitative estimate of drug-likeness (QED) is 0.721. The average molecular weight is 282 g/mol. The van der Waals surface area contributed by atoms with Crippen molar-refractivity contribution in [1.29, 1.82) is 0 Å². The van der Waals surface area contributed by atoms with Crippen molar-refractivity contribution in [2.24, 2.45) is 5.92 Å². The lowest BCUT2D eigenvalue weighted by Crippen LogP contribution is -2.04. The SMILES string of the molecule is COc1ccc(C(=O)CCC2CCCC2)c2ccccc12. The zero-order valence-electron chi connectivity index (χ0n) is 12.6. The molecule has 0 saturated heterocycles. The normalized spacial score (nSPS) is 15.5. The summed E-state index contributed by atoms with van der Waals surface area (Å²) in [4.78, 5) is 12.6. The topological polar surface area (TPSA) is 26.3 Å². The third kappa shape index (κ3) is 2.94. The molecule has 0 amide bonds. The molecule has 0 N–H and O–H groups in total. The van der Waals surface area contributed by atoms with Crippen molar-refractivity contribution in [1.82, 2.24) is 0 Å². The predicted octanol–water partition coefficient (Wildman–Crippen LogP) is 5.00. The molecule has 1 aliphatic rings. The Morgan fingerprint density at radius 3 is 2.52 bits per heavy atom. The molecule has 0 unspecified atom stereocenters. The fourth-order valence-corrected chi connectivity index (χ4v) is 3.46. The number of carbonyl (C=O) groups excluding carboxylic acids is 1. The number of methoxy groups -OCH3 is 1. The molecule has 1 aliphatic carbocycles. The van der Waals surface area contributed by atoms with Crippen molar-refractivity contribution < 1.29 is 9.53 Å². The fourth-order valence-electron chi connectivity index (χ4n) is 3.46. The number of fused-ring (bicyclic) bond motifs is 1. The van der Waals surface area contributed by atoms with Crippen LogP contribution in [0.25, 0.3) is 10.8 Å². The maximum Gasteiger partial charge on any atom is 0.163 e. The van der Waals surface area contributed by atoms with E-state index in [0.29, 0.717) is 6.42 Å². The monoisotopic (exact) mass is 282 g/mol. The van der Waals surface area contributed by atoms with E-state index in [1.807, 2.05) is 36.4 Å². The first-order valence-electron chi connectivity index (χ1n) is 7.88. The van der Waals surface area contributed by atoms with E-state index in [0.717, 1.165) is 34.4 Å². The molecular weight excluding hydrogens is 260 g/mol. The van der Waals surface area contributed by atoms with Gasteiger partial charge in [0.15, 0.2) is 5.78 Å². The lowest BCUT2D eigenvalue weighted by Gasteiger charge is -2.11. The third-order valence-electron chi connectivity index (χ3n) is 4.66. The van der Waals surface area contributed by atoms with Gasteiger partial charge in [0.1, 0.15) is 5.75 Å². The van der Waals surface area contributed by atoms with Crippen LogP contribution in [0.2, 0.25) is 0 Å². The van der Waals surface area contributed by atoms with Crippen LogP contribution in [0.3, 0.4) is 0 Å². The highest BCUT2D eigenvalue weighted by Gasteiger charge is 2.18. The molecule has 3 rings (SSSR count). The highest BCUT2D eigenvalue weighted by molar-refractivity contribution is 6.09. The fraction of sp³-hybridized carbons (Fsp3) is 0.421. The third-order valence-corrected chi connectivity index (χ3v) is 4.66. The first kappa shape index (κ1) is 14.1. The Balaban J connectivity index is 1.84. The summed E-state index contributed by atoms with van der Waals surface area (Å²) in [6.07, 6.45) is 6.99. The Morgan fingerprint density at radius 2 is 1.81 bits per heavy atom. The summed E-state index contributed by atoms with van der Waals surface area (Å²) < 4.78 is 5.39. The van der Waals surface area contributed by atoms with Crippen LogP contribution in [0.5, 0.6) is 5.75 Å². The van der Waals surface area contributed by atoms with E-state index < -0.39 is 0 Å². The Kier molecular flexibility index (Phi) is 4.23. The first-order chi connectivity index (χ1) is 10.3. The van der Waals surface area contributed by atoms with Crippen LogP contribution in [0, 0.1) is 5.92 Å². The summed E-state index contributed by atoms with van der Waals surface area (Å²) in [5, 5.41) is 2.03. The van der Waals surface area contributed by atoms with E-state index >= 15 is 0 Å². The average Bonchev–Trinajstić information content (AvgIpc) is 3.05. The summed E-state index contributed by atoms with van der Waals surface area (Å²) in [7, 11) is 1.67. The van der Waals surface area contributed by atoms with Crippen molar-refractivity contribution in [2.45, 2.75) is 38.5 Å². The number of Topliss-reactive ketones (excluding diaryl/α,β-unsaturated/α-hetero) is 1. The standard InChI is InChI=1S/C19H22O2/c1-21-19-13-11-16(15-8-4-5-9-17(15)19)18(20)12-10-14-6-2-3-7-14/h4-5,8-9,11,13-14H,2-3,6-7,10,12H2,1H3. The van der Waals surface area contributed by atoms with Gasteiger partial charge in [0.05, 0.1) is 7.11 Å². The maximum atomic E-state index is 12.6. The second-order valence-electron chi connectivity index (χ2n) is 5.97. The number of benzene rings is 2. The van der Waals surface area contributed by atoms with Crippen LogP contribution in [-0.4, -0.2) is 12.9 Å². The van der Waals surface area contributed by atoms with Gasteiger partial charge in [-0.05, 0) is 29.9 Å². The second-order valence-corrected chi connectivity index (χ2v) is 5.97. The molecule has 21 heavy (non-hydrogen) atoms. The molecule has 0 aliphatic heterocycles. The molecule has 0 heterocycles. The minimum Gasteiger partial charge on any atom is -0.496 e. The molecule has 0 bridgehead atoms. The van der Waals surface area contributed by atoms with Gasteiger partial charge in [-0.25, -0.2) is 0 Å². The van der Waals surface area contributed by atoms with Crippen LogP contribution in [-0.2, 0) is 0 Å². The molecule has 2 aromatic carbocycles. The lowest BCUT2D eigenvalue weighted by atomic mass is 9.94. The zero-order chi connectivity index (χ0) is 14.7. The van der Waals surface area contributed by atoms with E-state index in [1.54, 1.807) is 7.11 Å². The number of carbonyl (C=O) groups is 1. The van der Waals surface area contributed by atoms with Crippen molar-refractivity contribution in [3.8, 4) is 5.75 Å². The zero-order valence-corrected chi connectivity index (χ0v) is 12.6. The Hall–Kier alpha value is -1.83. The molecule has 2 nitrogen and oxygen atoms in total. The number of hydrogen-bond acceptors (Lipinski definition) is 2. The molecule has 2 aromatic rings. The predicted molar refractivity (Wildman–Crippen MR) is 86.0 cm³/mol. The van der Waals surface area contributed by atoms with Gasteiger partial charge < -0.3 is 4.74 Å². The van der Waals surface area contributed by atoms with E-state index in [1.165, 1.54) is 25.7 Å². The van der Waals surface area contributed by atoms with E-state index in [-0.39, 0.29) is 5.78 Å². The van der Waals surface area contributed by atoms with Crippen molar-refractivity contribution >= 4 is 16.6 Å². The van der Waals surface area contributed by atoms with Crippen LogP contribution >= 0.6 is 0 Å². The van der Waals surface area contributed by atoms with Crippen molar-refractivity contribution in [3.05, 3.63) is 42.0 Å². The van der Waals surface area contributed by atoms with Gasteiger partial charge in [0.2, 0.25) is 0 Å². The first-order valence-corrected chi connectivity index (χ1v) is 7.88. The highest BCUT2D eigenvalue weighted by Crippen LogP contribution is 2.31. The number of rotatable bonds is 5. The number of ketones is 1. The lowest BCUT2D eigenvalue weighted by molar-refractivity contribution is 0.0975.